The number of aromatic nitrogens is 4. The summed E-state index contributed by atoms with van der Waals surface area (Å²) in [6.45, 7) is 1.72. The molecular weight excluding hydrogens is 320 g/mol. The van der Waals surface area contributed by atoms with Crippen molar-refractivity contribution < 1.29 is 9.59 Å². The van der Waals surface area contributed by atoms with Crippen LogP contribution >= 0.6 is 0 Å². The van der Waals surface area contributed by atoms with Crippen molar-refractivity contribution in [1.29, 1.82) is 0 Å². The van der Waals surface area contributed by atoms with Gasteiger partial charge in [0.15, 0.2) is 0 Å². The molecule has 0 spiro atoms. The zero-order valence-corrected chi connectivity index (χ0v) is 13.9. The van der Waals surface area contributed by atoms with E-state index in [1.165, 1.54) is 0 Å². The number of hydrogen-bond donors (Lipinski definition) is 2. The minimum atomic E-state index is -0.382. The molecule has 2 heterocycles. The van der Waals surface area contributed by atoms with Crippen LogP contribution in [0.2, 0.25) is 0 Å². The number of nitrogens with one attached hydrogen (secondary N) is 2. The van der Waals surface area contributed by atoms with Crippen LogP contribution in [0.1, 0.15) is 16.2 Å². The average Bonchev–Trinajstić information content (AvgIpc) is 3.24. The minimum Gasteiger partial charge on any atom is -0.342 e. The number of benzene rings is 1. The van der Waals surface area contributed by atoms with E-state index in [1.54, 1.807) is 40.8 Å². The molecule has 128 valence electrons. The standard InChI is InChI=1S/C17H18N6O2/c1-12-10-15(21-22(12)2)17(25)18-11-16(24)20-13-4-6-14(7-5-13)23-9-3-8-19-23/h3-10H,11H2,1-2H3,(H,18,25)(H,20,24). The molecule has 0 saturated carbocycles. The average molecular weight is 338 g/mol. The molecule has 8 heteroatoms. The van der Waals surface area contributed by atoms with E-state index in [0.29, 0.717) is 5.69 Å². The lowest BCUT2D eigenvalue weighted by atomic mass is 10.3. The third-order valence-electron chi connectivity index (χ3n) is 3.68. The fourth-order valence-electron chi connectivity index (χ4n) is 2.25. The third kappa shape index (κ3) is 3.92. The summed E-state index contributed by atoms with van der Waals surface area (Å²) in [4.78, 5) is 23.9. The first kappa shape index (κ1) is 16.4. The van der Waals surface area contributed by atoms with E-state index in [0.717, 1.165) is 11.4 Å². The van der Waals surface area contributed by atoms with Crippen molar-refractivity contribution in [3.05, 3.63) is 60.2 Å². The number of rotatable bonds is 5. The first-order chi connectivity index (χ1) is 12.0. The summed E-state index contributed by atoms with van der Waals surface area (Å²) >= 11 is 0. The van der Waals surface area contributed by atoms with Crippen LogP contribution in [-0.4, -0.2) is 37.9 Å². The van der Waals surface area contributed by atoms with Gasteiger partial charge in [-0.25, -0.2) is 4.68 Å². The van der Waals surface area contributed by atoms with Crippen molar-refractivity contribution in [1.82, 2.24) is 24.9 Å². The number of carbonyl (C=O) groups is 2. The maximum absolute atomic E-state index is 12.0. The molecule has 0 saturated heterocycles. The fourth-order valence-corrected chi connectivity index (χ4v) is 2.25. The highest BCUT2D eigenvalue weighted by Crippen LogP contribution is 2.12. The van der Waals surface area contributed by atoms with E-state index in [9.17, 15) is 9.59 Å². The van der Waals surface area contributed by atoms with Crippen molar-refractivity contribution in [3.8, 4) is 5.69 Å². The zero-order chi connectivity index (χ0) is 17.8. The van der Waals surface area contributed by atoms with Crippen LogP contribution in [0.25, 0.3) is 5.69 Å². The smallest absolute Gasteiger partial charge is 0.272 e. The van der Waals surface area contributed by atoms with Crippen LogP contribution in [-0.2, 0) is 11.8 Å². The monoisotopic (exact) mass is 338 g/mol. The summed E-state index contributed by atoms with van der Waals surface area (Å²) in [5, 5.41) is 13.5. The molecule has 0 aliphatic rings. The molecule has 2 N–H and O–H groups in total. The van der Waals surface area contributed by atoms with E-state index >= 15 is 0 Å². The Balaban J connectivity index is 1.53. The SMILES string of the molecule is Cc1cc(C(=O)NCC(=O)Nc2ccc(-n3cccn3)cc2)nn1C. The van der Waals surface area contributed by atoms with Gasteiger partial charge < -0.3 is 10.6 Å². The number of amides is 2. The molecule has 25 heavy (non-hydrogen) atoms. The molecule has 2 aromatic heterocycles. The normalized spacial score (nSPS) is 10.5. The van der Waals surface area contributed by atoms with Gasteiger partial charge in [-0.05, 0) is 43.3 Å². The predicted molar refractivity (Wildman–Crippen MR) is 92.5 cm³/mol. The molecule has 3 aromatic rings. The third-order valence-corrected chi connectivity index (χ3v) is 3.68. The van der Waals surface area contributed by atoms with Crippen LogP contribution in [0.4, 0.5) is 5.69 Å². The molecule has 0 aliphatic heterocycles. The van der Waals surface area contributed by atoms with Crippen molar-refractivity contribution >= 4 is 17.5 Å². The van der Waals surface area contributed by atoms with Crippen LogP contribution in [0.3, 0.4) is 0 Å². The number of nitrogens with zero attached hydrogens (tertiary/aromatic N) is 4. The summed E-state index contributed by atoms with van der Waals surface area (Å²) in [5.74, 6) is -0.694. The Bertz CT molecular complexity index is 861. The quantitative estimate of drug-likeness (QED) is 0.733. The van der Waals surface area contributed by atoms with Gasteiger partial charge in [0.05, 0.1) is 12.2 Å². The van der Waals surface area contributed by atoms with Crippen LogP contribution in [0.15, 0.2) is 48.8 Å². The van der Waals surface area contributed by atoms with Gasteiger partial charge in [-0.3, -0.25) is 14.3 Å². The van der Waals surface area contributed by atoms with E-state index in [-0.39, 0.29) is 24.1 Å². The maximum atomic E-state index is 12.0. The summed E-state index contributed by atoms with van der Waals surface area (Å²) < 4.78 is 3.33. The molecular formula is C17H18N6O2. The summed E-state index contributed by atoms with van der Waals surface area (Å²) in [5.41, 5.74) is 2.69. The first-order valence-electron chi connectivity index (χ1n) is 7.72. The Morgan fingerprint density at radius 3 is 2.56 bits per heavy atom. The Morgan fingerprint density at radius 2 is 1.96 bits per heavy atom. The highest BCUT2D eigenvalue weighted by molar-refractivity contribution is 5.98. The lowest BCUT2D eigenvalue weighted by Gasteiger charge is -2.07. The molecule has 2 amide bonds. The Hall–Kier alpha value is -3.42. The number of aryl methyl sites for hydroxylation is 2. The van der Waals surface area contributed by atoms with Crippen molar-refractivity contribution in [2.24, 2.45) is 7.05 Å². The van der Waals surface area contributed by atoms with Gasteiger partial charge in [0.2, 0.25) is 5.91 Å². The van der Waals surface area contributed by atoms with Gasteiger partial charge in [-0.15, -0.1) is 0 Å². The molecule has 1 aromatic carbocycles. The van der Waals surface area contributed by atoms with Crippen molar-refractivity contribution in [3.63, 3.8) is 0 Å². The second kappa shape index (κ2) is 7.00. The van der Waals surface area contributed by atoms with Gasteiger partial charge in [-0.2, -0.15) is 10.2 Å². The van der Waals surface area contributed by atoms with Gasteiger partial charge >= 0.3 is 0 Å². The summed E-state index contributed by atoms with van der Waals surface area (Å²) in [6.07, 6.45) is 3.53. The second-order valence-electron chi connectivity index (χ2n) is 5.52. The molecule has 0 radical (unpaired) electrons. The second-order valence-corrected chi connectivity index (χ2v) is 5.52. The predicted octanol–water partition coefficient (Wildman–Crippen LogP) is 1.28. The summed E-state index contributed by atoms with van der Waals surface area (Å²) in [7, 11) is 1.76. The Labute approximate surface area is 144 Å². The lowest BCUT2D eigenvalue weighted by molar-refractivity contribution is -0.115. The number of anilines is 1. The highest BCUT2D eigenvalue weighted by Gasteiger charge is 2.12. The lowest BCUT2D eigenvalue weighted by Crippen LogP contribution is -2.33. The van der Waals surface area contributed by atoms with Gasteiger partial charge in [0.25, 0.3) is 5.91 Å². The van der Waals surface area contributed by atoms with Crippen LogP contribution < -0.4 is 10.6 Å². The number of carbonyl (C=O) groups excluding carboxylic acids is 2. The van der Waals surface area contributed by atoms with Gasteiger partial charge in [0.1, 0.15) is 5.69 Å². The van der Waals surface area contributed by atoms with Crippen LogP contribution in [0.5, 0.6) is 0 Å². The Morgan fingerprint density at radius 1 is 1.20 bits per heavy atom. The Kier molecular flexibility index (Phi) is 4.60. The zero-order valence-electron chi connectivity index (χ0n) is 13.9. The molecule has 0 aliphatic carbocycles. The molecule has 0 atom stereocenters. The van der Waals surface area contributed by atoms with E-state index in [1.807, 2.05) is 31.3 Å². The van der Waals surface area contributed by atoms with Gasteiger partial charge in [0, 0.05) is 30.8 Å². The molecule has 8 nitrogen and oxygen atoms in total. The van der Waals surface area contributed by atoms with E-state index in [4.69, 9.17) is 0 Å². The molecule has 0 bridgehead atoms. The largest absolute Gasteiger partial charge is 0.342 e. The van der Waals surface area contributed by atoms with Gasteiger partial charge in [-0.1, -0.05) is 0 Å². The van der Waals surface area contributed by atoms with Crippen molar-refractivity contribution in [2.75, 3.05) is 11.9 Å². The highest BCUT2D eigenvalue weighted by atomic mass is 16.2. The first-order valence-corrected chi connectivity index (χ1v) is 7.72. The molecule has 0 fully saturated rings. The maximum Gasteiger partial charge on any atom is 0.272 e. The molecule has 3 rings (SSSR count). The van der Waals surface area contributed by atoms with Crippen molar-refractivity contribution in [2.45, 2.75) is 6.92 Å². The van der Waals surface area contributed by atoms with E-state index in [2.05, 4.69) is 20.8 Å². The van der Waals surface area contributed by atoms with E-state index < -0.39 is 0 Å². The van der Waals surface area contributed by atoms with Crippen LogP contribution in [0, 0.1) is 6.92 Å². The minimum absolute atomic E-state index is 0.130. The summed E-state index contributed by atoms with van der Waals surface area (Å²) in [6, 6.07) is 10.7. The molecule has 0 unspecified atom stereocenters. The fraction of sp³-hybridized carbons (Fsp3) is 0.176. The number of hydrogen-bond acceptors (Lipinski definition) is 4. The topological polar surface area (TPSA) is 93.8 Å².